The molecule has 0 N–H and O–H groups in total. The van der Waals surface area contributed by atoms with Gasteiger partial charge in [-0.3, -0.25) is 0 Å². The summed E-state index contributed by atoms with van der Waals surface area (Å²) in [4.78, 5) is 8.87. The van der Waals surface area contributed by atoms with Crippen molar-refractivity contribution in [2.24, 2.45) is 5.41 Å². The predicted octanol–water partition coefficient (Wildman–Crippen LogP) is 11.6. The number of hydrogen-bond donors (Lipinski definition) is 0. The maximum Gasteiger partial charge on any atom is 0.135 e. The van der Waals surface area contributed by atoms with Gasteiger partial charge >= 0.3 is 0 Å². The van der Waals surface area contributed by atoms with Crippen molar-refractivity contribution in [1.82, 2.24) is 9.97 Å². The molecule has 3 heterocycles. The molecular formula is C44H36IrN2O-2. The molecule has 3 nitrogen and oxygen atoms in total. The minimum atomic E-state index is -2.42. The molecule has 0 saturated carbocycles. The second-order valence-electron chi connectivity index (χ2n) is 12.4. The molecule has 4 heteroatoms. The first kappa shape index (κ1) is 27.1. The number of rotatable bonds is 3. The van der Waals surface area contributed by atoms with E-state index in [1.54, 1.807) is 32.9 Å². The maximum atomic E-state index is 8.48. The van der Waals surface area contributed by atoms with E-state index in [2.05, 4.69) is 76.7 Å². The predicted molar refractivity (Wildman–Crippen MR) is 193 cm³/mol. The number of pyridine rings is 2. The van der Waals surface area contributed by atoms with Crippen LogP contribution in [0, 0.1) is 24.4 Å². The molecule has 0 saturated heterocycles. The third-order valence-electron chi connectivity index (χ3n) is 7.84. The van der Waals surface area contributed by atoms with Crippen molar-refractivity contribution in [3.8, 4) is 56.3 Å². The van der Waals surface area contributed by atoms with Gasteiger partial charge in [-0.1, -0.05) is 74.9 Å². The smallest absolute Gasteiger partial charge is 0.135 e. The van der Waals surface area contributed by atoms with E-state index < -0.39 is 18.6 Å². The van der Waals surface area contributed by atoms with Gasteiger partial charge in [0.15, 0.2) is 0 Å². The van der Waals surface area contributed by atoms with Gasteiger partial charge < -0.3 is 14.7 Å². The molecule has 0 unspecified atom stereocenters. The van der Waals surface area contributed by atoms with Crippen molar-refractivity contribution in [1.29, 1.82) is 0 Å². The molecule has 1 aliphatic rings. The quantitative estimate of drug-likeness (QED) is 0.167. The largest absolute Gasteiger partial charge is 0.456 e. The van der Waals surface area contributed by atoms with Crippen LogP contribution < -0.4 is 4.74 Å². The molecule has 1 radical (unpaired) electrons. The first-order valence-corrected chi connectivity index (χ1v) is 15.6. The van der Waals surface area contributed by atoms with Crippen LogP contribution in [0.5, 0.6) is 11.5 Å². The Morgan fingerprint density at radius 3 is 2.06 bits per heavy atom. The Labute approximate surface area is 304 Å². The first-order valence-electron chi connectivity index (χ1n) is 18.1. The van der Waals surface area contributed by atoms with E-state index >= 15 is 0 Å². The van der Waals surface area contributed by atoms with Gasteiger partial charge in [0, 0.05) is 50.5 Å². The van der Waals surface area contributed by atoms with Crippen LogP contribution in [0.2, 0.25) is 0 Å². The first-order chi connectivity index (χ1) is 24.8. The second-order valence-corrected chi connectivity index (χ2v) is 12.4. The summed E-state index contributed by atoms with van der Waals surface area (Å²) in [5.41, 5.74) is 7.04. The Morgan fingerprint density at radius 1 is 0.708 bits per heavy atom. The van der Waals surface area contributed by atoms with Gasteiger partial charge in [-0.05, 0) is 81.8 Å². The van der Waals surface area contributed by atoms with Crippen molar-refractivity contribution in [3.63, 3.8) is 0 Å². The molecule has 0 spiro atoms. The topological polar surface area (TPSA) is 35.0 Å². The van der Waals surface area contributed by atoms with E-state index in [4.69, 9.17) is 11.6 Å². The van der Waals surface area contributed by atoms with Crippen molar-refractivity contribution in [3.05, 3.63) is 157 Å². The van der Waals surface area contributed by atoms with Gasteiger partial charge in [-0.2, -0.15) is 0 Å². The fourth-order valence-corrected chi connectivity index (χ4v) is 5.76. The SMILES string of the molecule is [2H]C([2H])([2H])c1cnc(-c2[c-]cccc2)cc1C([2H])([2H])C(C)(C)C.[Ir].[c-]1ccccc1-c1nccc2cc3c(cc12)Oc1ccccc1-c1ccccc1-3. The van der Waals surface area contributed by atoms with Crippen LogP contribution in [0.3, 0.4) is 0 Å². The fraction of sp³-hybridized carbons (Fsp3) is 0.136. The Morgan fingerprint density at radius 2 is 1.38 bits per heavy atom. The van der Waals surface area contributed by atoms with Gasteiger partial charge in [0.1, 0.15) is 11.5 Å². The Balaban J connectivity index is 0.000000184. The Kier molecular flexibility index (Phi) is 7.95. The molecule has 5 aromatic carbocycles. The number of aromatic nitrogens is 2. The average Bonchev–Trinajstić information content (AvgIpc) is 3.28. The number of hydrogen-bond acceptors (Lipinski definition) is 3. The summed E-state index contributed by atoms with van der Waals surface area (Å²) in [5.74, 6) is 1.72. The summed E-state index contributed by atoms with van der Waals surface area (Å²) in [6, 6.07) is 46.1. The van der Waals surface area contributed by atoms with Crippen LogP contribution in [0.4, 0.5) is 0 Å². The number of nitrogens with zero attached hydrogens (tertiary/aromatic N) is 2. The Hall–Kier alpha value is -4.89. The maximum absolute atomic E-state index is 8.48. The summed E-state index contributed by atoms with van der Waals surface area (Å²) in [5, 5.41) is 2.20. The molecule has 0 bridgehead atoms. The zero-order chi connectivity index (χ0) is 36.7. The number of ether oxygens (including phenoxy) is 1. The third kappa shape index (κ3) is 7.01. The monoisotopic (exact) mass is 806 g/mol. The molecule has 2 aromatic heterocycles. The van der Waals surface area contributed by atoms with Crippen molar-refractivity contribution in [2.45, 2.75) is 34.0 Å². The van der Waals surface area contributed by atoms with Crippen molar-refractivity contribution in [2.75, 3.05) is 0 Å². The minimum absolute atomic E-state index is 0. The van der Waals surface area contributed by atoms with Gasteiger partial charge in [0.05, 0.1) is 0 Å². The van der Waals surface area contributed by atoms with Crippen LogP contribution in [0.15, 0.2) is 134 Å². The van der Waals surface area contributed by atoms with Gasteiger partial charge in [-0.25, -0.2) is 0 Å². The third-order valence-corrected chi connectivity index (χ3v) is 7.84. The standard InChI is InChI=1S/C27H16NO.C17H20N.Ir/c1-2-8-18(9-3-1)27-23-17-26-24(16-19(23)14-15-28-27)21-11-5-4-10-20(21)22-12-6-7-13-25(22)29-26;1-13-12-18-16(14-8-6-5-7-9-14)10-15(13)11-17(2,3)4;/h1-8,10-17H;5-8,10,12H,11H2,1-4H3;/q2*-1;/i;1D3,11D2;. The van der Waals surface area contributed by atoms with Crippen LogP contribution in [0.25, 0.3) is 55.5 Å². The second kappa shape index (κ2) is 14.1. The number of fused-ring (bicyclic) bond motifs is 6. The molecule has 8 rings (SSSR count). The summed E-state index contributed by atoms with van der Waals surface area (Å²) < 4.78 is 46.5. The molecule has 0 fully saturated rings. The summed E-state index contributed by atoms with van der Waals surface area (Å²) in [6.07, 6.45) is 1.31. The average molecular weight is 806 g/mol. The normalized spacial score (nSPS) is 13.5. The summed E-state index contributed by atoms with van der Waals surface area (Å²) in [6.45, 7) is 2.85. The van der Waals surface area contributed by atoms with E-state index in [-0.39, 0.29) is 31.2 Å². The van der Waals surface area contributed by atoms with Crippen LogP contribution in [-0.4, -0.2) is 9.97 Å². The molecule has 7 aromatic rings. The zero-order valence-corrected chi connectivity index (χ0v) is 29.2. The molecule has 1 aliphatic heterocycles. The molecule has 48 heavy (non-hydrogen) atoms. The van der Waals surface area contributed by atoms with Crippen LogP contribution in [0.1, 0.15) is 38.8 Å². The van der Waals surface area contributed by atoms with E-state index in [0.29, 0.717) is 11.3 Å². The summed E-state index contributed by atoms with van der Waals surface area (Å²) in [7, 11) is 0. The molecule has 0 atom stereocenters. The summed E-state index contributed by atoms with van der Waals surface area (Å²) >= 11 is 0. The minimum Gasteiger partial charge on any atom is -0.456 e. The Bertz CT molecular complexity index is 2390. The van der Waals surface area contributed by atoms with Crippen molar-refractivity contribution >= 4 is 10.8 Å². The van der Waals surface area contributed by atoms with Gasteiger partial charge in [0.25, 0.3) is 0 Å². The molecular weight excluding hydrogens is 765 g/mol. The van der Waals surface area contributed by atoms with E-state index in [9.17, 15) is 0 Å². The van der Waals surface area contributed by atoms with Crippen molar-refractivity contribution < 1.29 is 31.7 Å². The molecule has 0 amide bonds. The molecule has 239 valence electrons. The number of aryl methyl sites for hydroxylation is 1. The number of benzene rings is 5. The van der Waals surface area contributed by atoms with Crippen LogP contribution >= 0.6 is 0 Å². The van der Waals surface area contributed by atoms with E-state index in [1.165, 1.54) is 17.3 Å². The van der Waals surface area contributed by atoms with Gasteiger partial charge in [0.2, 0.25) is 0 Å². The van der Waals surface area contributed by atoms with E-state index in [0.717, 1.165) is 44.7 Å². The number of para-hydroxylation sites is 1. The van der Waals surface area contributed by atoms with E-state index in [1.807, 2.05) is 60.8 Å². The zero-order valence-electron chi connectivity index (χ0n) is 31.8. The van der Waals surface area contributed by atoms with Crippen LogP contribution in [-0.2, 0) is 26.5 Å². The molecule has 0 aliphatic carbocycles. The fourth-order valence-electron chi connectivity index (χ4n) is 5.76. The van der Waals surface area contributed by atoms with Gasteiger partial charge in [-0.15, -0.1) is 71.8 Å².